The molecule has 0 N–H and O–H groups in total. The predicted octanol–water partition coefficient (Wildman–Crippen LogP) is 2.48. The highest BCUT2D eigenvalue weighted by Gasteiger charge is 2.25. The molecule has 2 aliphatic heterocycles. The maximum absolute atomic E-state index is 5.91. The molecule has 5 heteroatoms. The molecule has 24 heavy (non-hydrogen) atoms. The summed E-state index contributed by atoms with van der Waals surface area (Å²) in [7, 11) is 0. The second-order valence-electron chi connectivity index (χ2n) is 6.68. The van der Waals surface area contributed by atoms with Gasteiger partial charge in [-0.15, -0.1) is 0 Å². The van der Waals surface area contributed by atoms with Crippen LogP contribution in [0.3, 0.4) is 0 Å². The van der Waals surface area contributed by atoms with Crippen LogP contribution in [0.25, 0.3) is 0 Å². The van der Waals surface area contributed by atoms with Gasteiger partial charge >= 0.3 is 0 Å². The number of benzene rings is 1. The van der Waals surface area contributed by atoms with Gasteiger partial charge in [0.05, 0.1) is 0 Å². The molecule has 1 unspecified atom stereocenters. The lowest BCUT2D eigenvalue weighted by atomic mass is 10.0. The van der Waals surface area contributed by atoms with Gasteiger partial charge in [-0.3, -0.25) is 4.90 Å². The van der Waals surface area contributed by atoms with Gasteiger partial charge in [0.2, 0.25) is 5.95 Å². The molecule has 5 nitrogen and oxygen atoms in total. The molecule has 0 amide bonds. The monoisotopic (exact) mass is 323 g/mol. The predicted molar refractivity (Wildman–Crippen MR) is 93.3 cm³/mol. The van der Waals surface area contributed by atoms with E-state index in [1.54, 1.807) is 12.4 Å². The number of rotatable bonds is 3. The number of piperazine rings is 1. The van der Waals surface area contributed by atoms with E-state index in [1.165, 1.54) is 11.1 Å². The molecule has 1 fully saturated rings. The molecule has 2 aromatic rings. The Morgan fingerprint density at radius 2 is 1.92 bits per heavy atom. The van der Waals surface area contributed by atoms with Crippen LogP contribution >= 0.6 is 0 Å². The van der Waals surface area contributed by atoms with E-state index in [1.807, 2.05) is 0 Å². The average molecular weight is 323 g/mol. The number of ether oxygens (including phenoxy) is 1. The van der Waals surface area contributed by atoms with Crippen molar-refractivity contribution in [2.75, 3.05) is 31.1 Å². The molecule has 125 valence electrons. The number of anilines is 1. The van der Waals surface area contributed by atoms with Gasteiger partial charge in [0.1, 0.15) is 11.9 Å². The molecule has 2 atom stereocenters. The van der Waals surface area contributed by atoms with Gasteiger partial charge in [0.15, 0.2) is 0 Å². The summed E-state index contributed by atoms with van der Waals surface area (Å²) in [5.41, 5.74) is 2.67. The van der Waals surface area contributed by atoms with Gasteiger partial charge in [-0.05, 0) is 31.0 Å². The second kappa shape index (κ2) is 6.40. The molecule has 3 heterocycles. The van der Waals surface area contributed by atoms with Gasteiger partial charge in [0.25, 0.3) is 0 Å². The Kier molecular flexibility index (Phi) is 4.10. The minimum absolute atomic E-state index is 0.303. The molecule has 0 spiro atoms. The molecule has 0 bridgehead atoms. The van der Waals surface area contributed by atoms with Crippen LogP contribution in [0.1, 0.15) is 31.0 Å². The van der Waals surface area contributed by atoms with E-state index in [0.29, 0.717) is 12.1 Å². The van der Waals surface area contributed by atoms with Gasteiger partial charge in [0, 0.05) is 57.1 Å². The van der Waals surface area contributed by atoms with E-state index in [4.69, 9.17) is 4.74 Å². The molecule has 0 saturated carbocycles. The molecule has 1 aromatic carbocycles. The number of aromatic nitrogens is 2. The summed E-state index contributed by atoms with van der Waals surface area (Å²) in [5, 5.41) is 0. The fourth-order valence-electron chi connectivity index (χ4n) is 3.62. The Balaban J connectivity index is 1.42. The van der Waals surface area contributed by atoms with Crippen LogP contribution in [-0.4, -0.2) is 47.2 Å². The highest BCUT2D eigenvalue weighted by molar-refractivity contribution is 5.42. The summed E-state index contributed by atoms with van der Waals surface area (Å²) in [6.45, 7) is 8.34. The zero-order chi connectivity index (χ0) is 16.5. The summed E-state index contributed by atoms with van der Waals surface area (Å²) in [5.74, 6) is 1.88. The first-order chi connectivity index (χ1) is 11.7. The Bertz CT molecular complexity index is 698. The quantitative estimate of drug-likeness (QED) is 0.868. The van der Waals surface area contributed by atoms with Crippen molar-refractivity contribution in [1.82, 2.24) is 14.9 Å². The molecular weight excluding hydrogens is 300 g/mol. The standard InChI is InChI=1S/C19H23N4O/c1-14-12-17-5-4-16(13-18(17)24-14)15(2)22-8-10-23(11-9-22)19-20-6-3-7-21-19/h4-7,13-15H,8-12H2,1-2H3/t14-,15?/m1/s1. The van der Waals surface area contributed by atoms with E-state index in [0.717, 1.165) is 44.3 Å². The fraction of sp³-hybridized carbons (Fsp3) is 0.474. The summed E-state index contributed by atoms with van der Waals surface area (Å²) in [6.07, 6.45) is 4.69. The van der Waals surface area contributed by atoms with E-state index in [2.05, 4.69) is 57.9 Å². The molecule has 1 saturated heterocycles. The van der Waals surface area contributed by atoms with Crippen LogP contribution in [0, 0.1) is 6.07 Å². The normalized spacial score (nSPS) is 22.1. The molecule has 1 radical (unpaired) electrons. The summed E-state index contributed by atoms with van der Waals surface area (Å²) >= 11 is 0. The summed E-state index contributed by atoms with van der Waals surface area (Å²) in [4.78, 5) is 13.4. The topological polar surface area (TPSA) is 41.5 Å². The van der Waals surface area contributed by atoms with Gasteiger partial charge < -0.3 is 9.64 Å². The number of fused-ring (bicyclic) bond motifs is 1. The average Bonchev–Trinajstić information content (AvgIpc) is 3.01. The highest BCUT2D eigenvalue weighted by atomic mass is 16.5. The van der Waals surface area contributed by atoms with E-state index in [9.17, 15) is 0 Å². The molecule has 0 aliphatic carbocycles. The molecular formula is C19H23N4O. The molecule has 1 aromatic heterocycles. The molecule has 2 aliphatic rings. The van der Waals surface area contributed by atoms with Crippen LogP contribution in [-0.2, 0) is 6.42 Å². The van der Waals surface area contributed by atoms with Crippen molar-refractivity contribution in [3.8, 4) is 5.75 Å². The first-order valence-electron chi connectivity index (χ1n) is 8.67. The minimum atomic E-state index is 0.303. The largest absolute Gasteiger partial charge is 0.490 e. The Morgan fingerprint density at radius 1 is 1.17 bits per heavy atom. The minimum Gasteiger partial charge on any atom is -0.490 e. The third-order valence-electron chi connectivity index (χ3n) is 5.06. The zero-order valence-corrected chi connectivity index (χ0v) is 14.3. The highest BCUT2D eigenvalue weighted by Crippen LogP contribution is 2.33. The zero-order valence-electron chi connectivity index (χ0n) is 14.3. The first kappa shape index (κ1) is 15.4. The van der Waals surface area contributed by atoms with Crippen LogP contribution < -0.4 is 9.64 Å². The smallest absolute Gasteiger partial charge is 0.225 e. The number of hydrogen-bond donors (Lipinski definition) is 0. The SMILES string of the molecule is CC(c1ccc2c(c1)O[C@H](C)C2)N1CCN(c2nc[c]cn2)CC1. The first-order valence-corrected chi connectivity index (χ1v) is 8.67. The van der Waals surface area contributed by atoms with Crippen LogP contribution in [0.5, 0.6) is 5.75 Å². The van der Waals surface area contributed by atoms with Gasteiger partial charge in [-0.1, -0.05) is 12.1 Å². The van der Waals surface area contributed by atoms with Crippen LogP contribution in [0.4, 0.5) is 5.95 Å². The number of nitrogens with zero attached hydrogens (tertiary/aromatic N) is 4. The maximum Gasteiger partial charge on any atom is 0.225 e. The van der Waals surface area contributed by atoms with Crippen molar-refractivity contribution in [2.45, 2.75) is 32.4 Å². The van der Waals surface area contributed by atoms with E-state index in [-0.39, 0.29) is 0 Å². The van der Waals surface area contributed by atoms with E-state index < -0.39 is 0 Å². The van der Waals surface area contributed by atoms with Gasteiger partial charge in [-0.2, -0.15) is 0 Å². The van der Waals surface area contributed by atoms with Crippen molar-refractivity contribution in [3.63, 3.8) is 0 Å². The number of hydrogen-bond acceptors (Lipinski definition) is 5. The fourth-order valence-corrected chi connectivity index (χ4v) is 3.62. The summed E-state index contributed by atoms with van der Waals surface area (Å²) < 4.78 is 5.91. The van der Waals surface area contributed by atoms with Crippen LogP contribution in [0.15, 0.2) is 30.6 Å². The van der Waals surface area contributed by atoms with Crippen molar-refractivity contribution in [2.24, 2.45) is 0 Å². The van der Waals surface area contributed by atoms with Crippen molar-refractivity contribution >= 4 is 5.95 Å². The lowest BCUT2D eigenvalue weighted by molar-refractivity contribution is 0.197. The Morgan fingerprint density at radius 3 is 2.67 bits per heavy atom. The van der Waals surface area contributed by atoms with Crippen molar-refractivity contribution < 1.29 is 4.74 Å². The summed E-state index contributed by atoms with van der Waals surface area (Å²) in [6, 6.07) is 9.98. The van der Waals surface area contributed by atoms with E-state index >= 15 is 0 Å². The Hall–Kier alpha value is -2.14. The van der Waals surface area contributed by atoms with Crippen LogP contribution in [0.2, 0.25) is 0 Å². The van der Waals surface area contributed by atoms with Crippen molar-refractivity contribution in [3.05, 3.63) is 47.8 Å². The lowest BCUT2D eigenvalue weighted by Gasteiger charge is -2.38. The van der Waals surface area contributed by atoms with Crippen molar-refractivity contribution in [1.29, 1.82) is 0 Å². The van der Waals surface area contributed by atoms with Gasteiger partial charge in [-0.25, -0.2) is 9.97 Å². The second-order valence-corrected chi connectivity index (χ2v) is 6.68. The third-order valence-corrected chi connectivity index (χ3v) is 5.06. The Labute approximate surface area is 143 Å². The lowest BCUT2D eigenvalue weighted by Crippen LogP contribution is -2.47. The molecule has 4 rings (SSSR count). The third kappa shape index (κ3) is 2.96. The maximum atomic E-state index is 5.91.